The second kappa shape index (κ2) is 9.37. The maximum atomic E-state index is 13.2. The SMILES string of the molecule is O=C(Nc1ccccc1C(=O)N1CC[NH+](Cc2ccccc2)CC1)c1ccccc1. The largest absolute Gasteiger partial charge is 0.328 e. The van der Waals surface area contributed by atoms with Crippen molar-refractivity contribution in [3.05, 3.63) is 102 Å². The monoisotopic (exact) mass is 400 g/mol. The van der Waals surface area contributed by atoms with Crippen molar-refractivity contribution in [3.63, 3.8) is 0 Å². The zero-order chi connectivity index (χ0) is 20.8. The Morgan fingerprint density at radius 2 is 1.40 bits per heavy atom. The number of carbonyl (C=O) groups excluding carboxylic acids is 2. The molecule has 3 aromatic carbocycles. The minimum atomic E-state index is -0.215. The molecule has 1 aliphatic heterocycles. The molecule has 0 saturated carbocycles. The number of piperazine rings is 1. The lowest BCUT2D eigenvalue weighted by Gasteiger charge is -2.32. The van der Waals surface area contributed by atoms with E-state index in [0.717, 1.165) is 19.6 Å². The quantitative estimate of drug-likeness (QED) is 0.691. The molecule has 1 aliphatic rings. The molecule has 0 spiro atoms. The van der Waals surface area contributed by atoms with E-state index in [1.54, 1.807) is 24.3 Å². The predicted molar refractivity (Wildman–Crippen MR) is 118 cm³/mol. The second-order valence-electron chi connectivity index (χ2n) is 7.57. The molecule has 30 heavy (non-hydrogen) atoms. The van der Waals surface area contributed by atoms with E-state index in [1.807, 2.05) is 41.3 Å². The summed E-state index contributed by atoms with van der Waals surface area (Å²) in [6, 6.07) is 26.7. The Kier molecular flexibility index (Phi) is 6.20. The van der Waals surface area contributed by atoms with Crippen LogP contribution in [0.5, 0.6) is 0 Å². The summed E-state index contributed by atoms with van der Waals surface area (Å²) in [7, 11) is 0. The van der Waals surface area contributed by atoms with Crippen molar-refractivity contribution >= 4 is 17.5 Å². The predicted octanol–water partition coefficient (Wildman–Crippen LogP) is 2.48. The van der Waals surface area contributed by atoms with Gasteiger partial charge in [0.05, 0.1) is 37.4 Å². The van der Waals surface area contributed by atoms with E-state index in [1.165, 1.54) is 10.5 Å². The first-order chi connectivity index (χ1) is 14.7. The van der Waals surface area contributed by atoms with Crippen molar-refractivity contribution < 1.29 is 14.5 Å². The van der Waals surface area contributed by atoms with Crippen LogP contribution in [0.15, 0.2) is 84.9 Å². The van der Waals surface area contributed by atoms with Crippen molar-refractivity contribution in [2.45, 2.75) is 6.54 Å². The number of hydrogen-bond acceptors (Lipinski definition) is 2. The molecule has 152 valence electrons. The topological polar surface area (TPSA) is 53.9 Å². The highest BCUT2D eigenvalue weighted by atomic mass is 16.2. The lowest BCUT2D eigenvalue weighted by molar-refractivity contribution is -0.917. The first-order valence-corrected chi connectivity index (χ1v) is 10.3. The number of para-hydroxylation sites is 1. The fourth-order valence-corrected chi connectivity index (χ4v) is 3.82. The molecular formula is C25H26N3O2+. The number of hydrogen-bond donors (Lipinski definition) is 2. The molecule has 1 saturated heterocycles. The molecule has 1 fully saturated rings. The van der Waals surface area contributed by atoms with Crippen molar-refractivity contribution in [2.75, 3.05) is 31.5 Å². The zero-order valence-corrected chi connectivity index (χ0v) is 16.9. The lowest BCUT2D eigenvalue weighted by atomic mass is 10.1. The molecule has 5 nitrogen and oxygen atoms in total. The van der Waals surface area contributed by atoms with Crippen molar-refractivity contribution in [1.82, 2.24) is 4.90 Å². The third-order valence-electron chi connectivity index (χ3n) is 5.50. The molecule has 0 unspecified atom stereocenters. The Labute approximate surface area is 176 Å². The van der Waals surface area contributed by atoms with Gasteiger partial charge in [-0.2, -0.15) is 0 Å². The van der Waals surface area contributed by atoms with Crippen molar-refractivity contribution in [1.29, 1.82) is 0 Å². The van der Waals surface area contributed by atoms with Gasteiger partial charge in [-0.05, 0) is 24.3 Å². The Bertz CT molecular complexity index is 997. The molecule has 1 heterocycles. The van der Waals surface area contributed by atoms with Gasteiger partial charge in [-0.15, -0.1) is 0 Å². The number of rotatable bonds is 5. The van der Waals surface area contributed by atoms with E-state index in [-0.39, 0.29) is 11.8 Å². The van der Waals surface area contributed by atoms with Crippen LogP contribution in [-0.4, -0.2) is 42.9 Å². The molecule has 4 rings (SSSR count). The lowest BCUT2D eigenvalue weighted by Crippen LogP contribution is -3.13. The summed E-state index contributed by atoms with van der Waals surface area (Å²) in [4.78, 5) is 29.1. The van der Waals surface area contributed by atoms with Gasteiger partial charge in [0.25, 0.3) is 11.8 Å². The number of carbonyl (C=O) groups is 2. The average molecular weight is 401 g/mol. The number of amides is 2. The maximum Gasteiger partial charge on any atom is 0.256 e. The summed E-state index contributed by atoms with van der Waals surface area (Å²) in [6.07, 6.45) is 0. The van der Waals surface area contributed by atoms with E-state index >= 15 is 0 Å². The third kappa shape index (κ3) is 4.75. The number of benzene rings is 3. The van der Waals surface area contributed by atoms with Crippen LogP contribution in [-0.2, 0) is 6.54 Å². The molecule has 0 aromatic heterocycles. The summed E-state index contributed by atoms with van der Waals surface area (Å²) in [5.41, 5.74) is 2.97. The summed E-state index contributed by atoms with van der Waals surface area (Å²) >= 11 is 0. The minimum Gasteiger partial charge on any atom is -0.328 e. The Morgan fingerprint density at radius 3 is 2.10 bits per heavy atom. The molecule has 2 amide bonds. The fourth-order valence-electron chi connectivity index (χ4n) is 3.82. The van der Waals surface area contributed by atoms with Crippen LogP contribution < -0.4 is 10.2 Å². The highest BCUT2D eigenvalue weighted by Crippen LogP contribution is 2.18. The van der Waals surface area contributed by atoms with Gasteiger partial charge >= 0.3 is 0 Å². The van der Waals surface area contributed by atoms with E-state index in [4.69, 9.17) is 0 Å². The number of anilines is 1. The summed E-state index contributed by atoms with van der Waals surface area (Å²) < 4.78 is 0. The first kappa shape index (κ1) is 19.9. The van der Waals surface area contributed by atoms with Gasteiger partial charge in [0.15, 0.2) is 0 Å². The third-order valence-corrected chi connectivity index (χ3v) is 5.50. The fraction of sp³-hybridized carbons (Fsp3) is 0.200. The van der Waals surface area contributed by atoms with Gasteiger partial charge in [-0.3, -0.25) is 9.59 Å². The van der Waals surface area contributed by atoms with Gasteiger partial charge in [0.2, 0.25) is 0 Å². The molecule has 3 aromatic rings. The van der Waals surface area contributed by atoms with Crippen LogP contribution in [0, 0.1) is 0 Å². The van der Waals surface area contributed by atoms with Crippen LogP contribution in [0.3, 0.4) is 0 Å². The summed E-state index contributed by atoms with van der Waals surface area (Å²) in [5.74, 6) is -0.245. The molecule has 2 N–H and O–H groups in total. The highest BCUT2D eigenvalue weighted by molar-refractivity contribution is 6.09. The molecule has 5 heteroatoms. The van der Waals surface area contributed by atoms with E-state index in [0.29, 0.717) is 29.9 Å². The van der Waals surface area contributed by atoms with Crippen LogP contribution in [0.1, 0.15) is 26.3 Å². The first-order valence-electron chi connectivity index (χ1n) is 10.3. The summed E-state index contributed by atoms with van der Waals surface area (Å²) in [5, 5.41) is 2.90. The van der Waals surface area contributed by atoms with E-state index in [9.17, 15) is 9.59 Å². The number of nitrogens with one attached hydrogen (secondary N) is 2. The minimum absolute atomic E-state index is 0.0299. The van der Waals surface area contributed by atoms with Crippen molar-refractivity contribution in [2.24, 2.45) is 0 Å². The molecule has 0 bridgehead atoms. The van der Waals surface area contributed by atoms with Crippen LogP contribution in [0.25, 0.3) is 0 Å². The Hall–Kier alpha value is -3.44. The Balaban J connectivity index is 1.40. The van der Waals surface area contributed by atoms with Crippen LogP contribution >= 0.6 is 0 Å². The number of quaternary nitrogens is 1. The van der Waals surface area contributed by atoms with E-state index in [2.05, 4.69) is 29.6 Å². The van der Waals surface area contributed by atoms with Gasteiger partial charge in [0.1, 0.15) is 6.54 Å². The number of nitrogens with zero attached hydrogens (tertiary/aromatic N) is 1. The second-order valence-corrected chi connectivity index (χ2v) is 7.57. The van der Waals surface area contributed by atoms with Crippen LogP contribution in [0.4, 0.5) is 5.69 Å². The average Bonchev–Trinajstić information content (AvgIpc) is 2.81. The highest BCUT2D eigenvalue weighted by Gasteiger charge is 2.26. The zero-order valence-electron chi connectivity index (χ0n) is 16.9. The van der Waals surface area contributed by atoms with Gasteiger partial charge in [-0.25, -0.2) is 0 Å². The smallest absolute Gasteiger partial charge is 0.256 e. The van der Waals surface area contributed by atoms with Gasteiger partial charge in [0, 0.05) is 11.1 Å². The van der Waals surface area contributed by atoms with Gasteiger partial charge in [-0.1, -0.05) is 60.7 Å². The van der Waals surface area contributed by atoms with Crippen molar-refractivity contribution in [3.8, 4) is 0 Å². The standard InChI is InChI=1S/C25H25N3O2/c29-24(21-11-5-2-6-12-21)26-23-14-8-7-13-22(23)25(30)28-17-15-27(16-18-28)19-20-9-3-1-4-10-20/h1-14H,15-19H2,(H,26,29)/p+1. The van der Waals surface area contributed by atoms with Gasteiger partial charge < -0.3 is 15.1 Å². The van der Waals surface area contributed by atoms with Crippen LogP contribution in [0.2, 0.25) is 0 Å². The Morgan fingerprint density at radius 1 is 0.800 bits per heavy atom. The maximum absolute atomic E-state index is 13.2. The summed E-state index contributed by atoms with van der Waals surface area (Å²) in [6.45, 7) is 4.23. The van der Waals surface area contributed by atoms with E-state index < -0.39 is 0 Å². The normalized spacial score (nSPS) is 14.3. The molecule has 0 radical (unpaired) electrons. The molecule has 0 aliphatic carbocycles. The molecular weight excluding hydrogens is 374 g/mol. The molecule has 0 atom stereocenters.